The number of rotatable bonds is 7. The first-order valence-corrected chi connectivity index (χ1v) is 9.33. The molecule has 0 aliphatic carbocycles. The van der Waals surface area contributed by atoms with Crippen LogP contribution in [0.15, 0.2) is 55.0 Å². The second kappa shape index (κ2) is 8.72. The summed E-state index contributed by atoms with van der Waals surface area (Å²) in [4.78, 5) is 24.8. The summed E-state index contributed by atoms with van der Waals surface area (Å²) in [6.07, 6.45) is 4.65. The molecule has 0 aliphatic rings. The fraction of sp³-hybridized carbons (Fsp3) is 0.286. The highest BCUT2D eigenvalue weighted by molar-refractivity contribution is 5.97. The Hall–Kier alpha value is -3.42. The Balaban J connectivity index is 1.87. The van der Waals surface area contributed by atoms with Crippen LogP contribution in [0.5, 0.6) is 0 Å². The highest BCUT2D eigenvalue weighted by Crippen LogP contribution is 2.21. The molecule has 0 spiro atoms. The Morgan fingerprint density at radius 1 is 1.14 bits per heavy atom. The van der Waals surface area contributed by atoms with Gasteiger partial charge in [-0.1, -0.05) is 19.1 Å². The van der Waals surface area contributed by atoms with Crippen LogP contribution in [0.2, 0.25) is 0 Å². The molecule has 2 heterocycles. The van der Waals surface area contributed by atoms with Crippen molar-refractivity contribution in [1.29, 1.82) is 0 Å². The van der Waals surface area contributed by atoms with Gasteiger partial charge in [-0.3, -0.25) is 9.59 Å². The van der Waals surface area contributed by atoms with Crippen LogP contribution < -0.4 is 5.32 Å². The van der Waals surface area contributed by atoms with Crippen LogP contribution in [-0.4, -0.2) is 38.9 Å². The third-order valence-corrected chi connectivity index (χ3v) is 4.24. The number of aromatic nitrogens is 3. The smallest absolute Gasteiger partial charge is 0.310 e. The molecule has 0 fully saturated rings. The highest BCUT2D eigenvalue weighted by Gasteiger charge is 2.23. The summed E-state index contributed by atoms with van der Waals surface area (Å²) in [7, 11) is 0. The van der Waals surface area contributed by atoms with Crippen molar-refractivity contribution in [2.24, 2.45) is 5.92 Å². The number of para-hydroxylation sites is 1. The summed E-state index contributed by atoms with van der Waals surface area (Å²) >= 11 is 0. The predicted octanol–water partition coefficient (Wildman–Crippen LogP) is 3.12. The Morgan fingerprint density at radius 2 is 1.83 bits per heavy atom. The number of carbonyl (C=O) groups excluding carboxylic acids is 2. The average Bonchev–Trinajstić information content (AvgIpc) is 3.34. The molecule has 2 aromatic heterocycles. The molecular formula is C21H23FN4O3. The molecule has 1 aromatic carbocycles. The molecule has 1 atom stereocenters. The lowest BCUT2D eigenvalue weighted by Crippen LogP contribution is -2.33. The van der Waals surface area contributed by atoms with Gasteiger partial charge in [0.15, 0.2) is 5.82 Å². The number of hydrogen-bond acceptors (Lipinski definition) is 4. The second-order valence-electron chi connectivity index (χ2n) is 6.93. The third-order valence-electron chi connectivity index (χ3n) is 4.24. The normalized spacial score (nSPS) is 12.0. The zero-order valence-corrected chi connectivity index (χ0v) is 16.5. The van der Waals surface area contributed by atoms with Gasteiger partial charge in [0.2, 0.25) is 0 Å². The standard InChI is InChI=1S/C21H23FN4O3/c1-14(2)29-21(28)15(3)12-23-19(27)16-13-24-26(18-9-5-4-8-17(18)22)20(16)25-10-6-7-11-25/h4-11,13-15H,12H2,1-3H3,(H,23,27). The Bertz CT molecular complexity index is 995. The minimum Gasteiger partial charge on any atom is -0.463 e. The molecule has 1 amide bonds. The van der Waals surface area contributed by atoms with Crippen molar-refractivity contribution in [3.05, 3.63) is 66.4 Å². The number of hydrogen-bond donors (Lipinski definition) is 1. The number of ether oxygens (including phenoxy) is 1. The molecule has 29 heavy (non-hydrogen) atoms. The highest BCUT2D eigenvalue weighted by atomic mass is 19.1. The van der Waals surface area contributed by atoms with Crippen LogP contribution in [0, 0.1) is 11.7 Å². The summed E-state index contributed by atoms with van der Waals surface area (Å²) in [6, 6.07) is 9.79. The number of nitrogens with zero attached hydrogens (tertiary/aromatic N) is 3. The molecule has 0 bridgehead atoms. The van der Waals surface area contributed by atoms with Crippen molar-refractivity contribution in [3.63, 3.8) is 0 Å². The SMILES string of the molecule is CC(C)OC(=O)C(C)CNC(=O)c1cnn(-c2ccccc2F)c1-n1cccc1. The van der Waals surface area contributed by atoms with E-state index in [2.05, 4.69) is 10.4 Å². The maximum absolute atomic E-state index is 14.3. The van der Waals surface area contributed by atoms with Crippen molar-refractivity contribution in [2.75, 3.05) is 6.54 Å². The average molecular weight is 398 g/mol. The van der Waals surface area contributed by atoms with Gasteiger partial charge in [-0.05, 0) is 38.1 Å². The van der Waals surface area contributed by atoms with Gasteiger partial charge in [0, 0.05) is 18.9 Å². The first-order chi connectivity index (χ1) is 13.9. The fourth-order valence-corrected chi connectivity index (χ4v) is 2.80. The van der Waals surface area contributed by atoms with Gasteiger partial charge in [-0.15, -0.1) is 0 Å². The third kappa shape index (κ3) is 4.53. The number of benzene rings is 1. The number of nitrogens with one attached hydrogen (secondary N) is 1. The molecule has 0 saturated heterocycles. The summed E-state index contributed by atoms with van der Waals surface area (Å²) in [6.45, 7) is 5.33. The second-order valence-corrected chi connectivity index (χ2v) is 6.93. The topological polar surface area (TPSA) is 78.2 Å². The quantitative estimate of drug-likeness (QED) is 0.621. The van der Waals surface area contributed by atoms with E-state index >= 15 is 0 Å². The van der Waals surface area contributed by atoms with E-state index in [1.165, 1.54) is 16.9 Å². The minimum atomic E-state index is -0.502. The summed E-state index contributed by atoms with van der Waals surface area (Å²) in [5.41, 5.74) is 0.484. The van der Waals surface area contributed by atoms with E-state index < -0.39 is 17.6 Å². The molecule has 152 valence electrons. The minimum absolute atomic E-state index is 0.111. The number of carbonyl (C=O) groups is 2. The van der Waals surface area contributed by atoms with Crippen molar-refractivity contribution < 1.29 is 18.7 Å². The molecule has 3 aromatic rings. The largest absolute Gasteiger partial charge is 0.463 e. The predicted molar refractivity (Wildman–Crippen MR) is 106 cm³/mol. The number of esters is 1. The molecule has 8 heteroatoms. The van der Waals surface area contributed by atoms with E-state index in [9.17, 15) is 14.0 Å². The van der Waals surface area contributed by atoms with E-state index in [4.69, 9.17) is 4.74 Å². The maximum Gasteiger partial charge on any atom is 0.310 e. The molecular weight excluding hydrogens is 375 g/mol. The van der Waals surface area contributed by atoms with Crippen LogP contribution in [-0.2, 0) is 9.53 Å². The van der Waals surface area contributed by atoms with E-state index in [0.717, 1.165) is 0 Å². The molecule has 1 unspecified atom stereocenters. The van der Waals surface area contributed by atoms with Crippen molar-refractivity contribution in [2.45, 2.75) is 26.9 Å². The Labute approximate surface area is 168 Å². The van der Waals surface area contributed by atoms with E-state index in [1.54, 1.807) is 68.1 Å². The molecule has 7 nitrogen and oxygen atoms in total. The van der Waals surface area contributed by atoms with E-state index in [-0.39, 0.29) is 29.9 Å². The van der Waals surface area contributed by atoms with Crippen LogP contribution in [0.4, 0.5) is 4.39 Å². The Kier molecular flexibility index (Phi) is 6.11. The number of amides is 1. The molecule has 0 radical (unpaired) electrons. The van der Waals surface area contributed by atoms with Crippen LogP contribution >= 0.6 is 0 Å². The lowest BCUT2D eigenvalue weighted by atomic mass is 10.2. The first-order valence-electron chi connectivity index (χ1n) is 9.33. The van der Waals surface area contributed by atoms with Crippen molar-refractivity contribution in [1.82, 2.24) is 19.7 Å². The lowest BCUT2D eigenvalue weighted by Gasteiger charge is -2.15. The monoisotopic (exact) mass is 398 g/mol. The van der Waals surface area contributed by atoms with Gasteiger partial charge >= 0.3 is 5.97 Å². The molecule has 1 N–H and O–H groups in total. The van der Waals surface area contributed by atoms with Gasteiger partial charge in [0.25, 0.3) is 5.91 Å². The summed E-state index contributed by atoms with van der Waals surface area (Å²) < 4.78 is 22.5. The van der Waals surface area contributed by atoms with Gasteiger partial charge < -0.3 is 14.6 Å². The fourth-order valence-electron chi connectivity index (χ4n) is 2.80. The molecule has 3 rings (SSSR count). The van der Waals surface area contributed by atoms with Crippen LogP contribution in [0.1, 0.15) is 31.1 Å². The van der Waals surface area contributed by atoms with Crippen LogP contribution in [0.3, 0.4) is 0 Å². The van der Waals surface area contributed by atoms with Crippen molar-refractivity contribution in [3.8, 4) is 11.5 Å². The van der Waals surface area contributed by atoms with Gasteiger partial charge in [-0.2, -0.15) is 5.10 Å². The maximum atomic E-state index is 14.3. The molecule has 0 saturated carbocycles. The van der Waals surface area contributed by atoms with E-state index in [1.807, 2.05) is 0 Å². The van der Waals surface area contributed by atoms with Crippen molar-refractivity contribution >= 4 is 11.9 Å². The lowest BCUT2D eigenvalue weighted by molar-refractivity contribution is -0.151. The van der Waals surface area contributed by atoms with Gasteiger partial charge in [0.05, 0.1) is 18.2 Å². The molecule has 0 aliphatic heterocycles. The van der Waals surface area contributed by atoms with Crippen LogP contribution in [0.25, 0.3) is 11.5 Å². The van der Waals surface area contributed by atoms with Gasteiger partial charge in [0.1, 0.15) is 17.1 Å². The zero-order chi connectivity index (χ0) is 21.0. The summed E-state index contributed by atoms with van der Waals surface area (Å²) in [5.74, 6) is -1.36. The summed E-state index contributed by atoms with van der Waals surface area (Å²) in [5, 5.41) is 6.96. The number of halogens is 1. The van der Waals surface area contributed by atoms with Gasteiger partial charge in [-0.25, -0.2) is 9.07 Å². The first kappa shape index (κ1) is 20.3. The Morgan fingerprint density at radius 3 is 2.48 bits per heavy atom. The zero-order valence-electron chi connectivity index (χ0n) is 16.5. The van der Waals surface area contributed by atoms with E-state index in [0.29, 0.717) is 5.82 Å².